The topological polar surface area (TPSA) is 56.1 Å². The second kappa shape index (κ2) is 6.72. The molecule has 4 aromatic rings. The SMILES string of the molecule is COc1ccc(C(=O)Nc2cccc3cccnc23)c(-n2cccc2)c1. The first-order valence-corrected chi connectivity index (χ1v) is 8.23. The van der Waals surface area contributed by atoms with Gasteiger partial charge in [-0.05, 0) is 36.4 Å². The van der Waals surface area contributed by atoms with Crippen LogP contribution in [-0.2, 0) is 0 Å². The van der Waals surface area contributed by atoms with Gasteiger partial charge in [-0.25, -0.2) is 0 Å². The number of amides is 1. The molecule has 0 radical (unpaired) electrons. The Hall–Kier alpha value is -3.60. The number of nitrogens with zero attached hydrogens (tertiary/aromatic N) is 2. The zero-order valence-corrected chi connectivity index (χ0v) is 14.2. The molecule has 0 atom stereocenters. The van der Waals surface area contributed by atoms with Crippen LogP contribution in [0.1, 0.15) is 10.4 Å². The Morgan fingerprint density at radius 1 is 1.04 bits per heavy atom. The summed E-state index contributed by atoms with van der Waals surface area (Å²) in [5.74, 6) is 0.492. The lowest BCUT2D eigenvalue weighted by atomic mass is 10.1. The van der Waals surface area contributed by atoms with Crippen LogP contribution in [0.2, 0.25) is 0 Å². The summed E-state index contributed by atoms with van der Waals surface area (Å²) in [5.41, 5.74) is 2.75. The van der Waals surface area contributed by atoms with E-state index in [1.807, 2.05) is 65.5 Å². The minimum atomic E-state index is -0.200. The van der Waals surface area contributed by atoms with Gasteiger partial charge in [-0.1, -0.05) is 18.2 Å². The van der Waals surface area contributed by atoms with Crippen molar-refractivity contribution >= 4 is 22.5 Å². The number of methoxy groups -OCH3 is 1. The number of carbonyl (C=O) groups excluding carboxylic acids is 1. The number of aromatic nitrogens is 2. The number of rotatable bonds is 4. The Bertz CT molecular complexity index is 1070. The molecule has 0 aliphatic carbocycles. The van der Waals surface area contributed by atoms with Crippen LogP contribution in [0.5, 0.6) is 5.75 Å². The molecule has 26 heavy (non-hydrogen) atoms. The van der Waals surface area contributed by atoms with E-state index in [1.54, 1.807) is 25.4 Å². The average molecular weight is 343 g/mol. The molecule has 2 heterocycles. The lowest BCUT2D eigenvalue weighted by molar-refractivity contribution is 0.102. The highest BCUT2D eigenvalue weighted by atomic mass is 16.5. The highest BCUT2D eigenvalue weighted by Crippen LogP contribution is 2.25. The van der Waals surface area contributed by atoms with Gasteiger partial charge in [0, 0.05) is 30.0 Å². The highest BCUT2D eigenvalue weighted by Gasteiger charge is 2.15. The molecule has 1 N–H and O–H groups in total. The predicted octanol–water partition coefficient (Wildman–Crippen LogP) is 4.29. The fourth-order valence-electron chi connectivity index (χ4n) is 2.93. The summed E-state index contributed by atoms with van der Waals surface area (Å²) in [6.07, 6.45) is 5.51. The first-order chi connectivity index (χ1) is 12.8. The number of hydrogen-bond acceptors (Lipinski definition) is 3. The molecule has 5 heteroatoms. The van der Waals surface area contributed by atoms with Gasteiger partial charge in [0.2, 0.25) is 0 Å². The minimum absolute atomic E-state index is 0.200. The van der Waals surface area contributed by atoms with Gasteiger partial charge in [-0.3, -0.25) is 9.78 Å². The van der Waals surface area contributed by atoms with E-state index in [1.165, 1.54) is 0 Å². The van der Waals surface area contributed by atoms with Gasteiger partial charge in [0.25, 0.3) is 5.91 Å². The van der Waals surface area contributed by atoms with E-state index in [-0.39, 0.29) is 5.91 Å². The van der Waals surface area contributed by atoms with Gasteiger partial charge in [0.15, 0.2) is 0 Å². The Balaban J connectivity index is 1.74. The number of ether oxygens (including phenoxy) is 1. The fourth-order valence-corrected chi connectivity index (χ4v) is 2.93. The Labute approximate surface area is 150 Å². The first-order valence-electron chi connectivity index (χ1n) is 8.23. The number of hydrogen-bond donors (Lipinski definition) is 1. The van der Waals surface area contributed by atoms with Gasteiger partial charge in [0.05, 0.1) is 29.6 Å². The van der Waals surface area contributed by atoms with Gasteiger partial charge in [-0.2, -0.15) is 0 Å². The molecule has 1 amide bonds. The van der Waals surface area contributed by atoms with Crippen molar-refractivity contribution in [2.24, 2.45) is 0 Å². The molecule has 2 aromatic carbocycles. The number of anilines is 1. The molecular weight excluding hydrogens is 326 g/mol. The summed E-state index contributed by atoms with van der Waals surface area (Å²) in [4.78, 5) is 17.4. The van der Waals surface area contributed by atoms with Gasteiger partial charge >= 0.3 is 0 Å². The molecule has 0 saturated carbocycles. The molecule has 5 nitrogen and oxygen atoms in total. The van der Waals surface area contributed by atoms with Crippen molar-refractivity contribution in [1.82, 2.24) is 9.55 Å². The monoisotopic (exact) mass is 343 g/mol. The number of nitrogens with one attached hydrogen (secondary N) is 1. The van der Waals surface area contributed by atoms with Crippen LogP contribution in [0.25, 0.3) is 16.6 Å². The molecule has 4 rings (SSSR count). The highest BCUT2D eigenvalue weighted by molar-refractivity contribution is 6.10. The molecule has 0 saturated heterocycles. The standard InChI is InChI=1S/C21H17N3O2/c1-26-16-9-10-17(19(14-16)24-12-2-3-13-24)21(25)23-18-8-4-6-15-7-5-11-22-20(15)18/h2-14H,1H3,(H,23,25). The smallest absolute Gasteiger partial charge is 0.257 e. The second-order valence-corrected chi connectivity index (χ2v) is 5.81. The lowest BCUT2D eigenvalue weighted by Crippen LogP contribution is -2.15. The predicted molar refractivity (Wildman–Crippen MR) is 102 cm³/mol. The van der Waals surface area contributed by atoms with E-state index < -0.39 is 0 Å². The molecule has 0 aliphatic rings. The molecule has 0 bridgehead atoms. The summed E-state index contributed by atoms with van der Waals surface area (Å²) >= 11 is 0. The lowest BCUT2D eigenvalue weighted by Gasteiger charge is -2.13. The molecular formula is C21H17N3O2. The van der Waals surface area contributed by atoms with Gasteiger partial charge < -0.3 is 14.6 Å². The second-order valence-electron chi connectivity index (χ2n) is 5.81. The number of pyridine rings is 1. The number of fused-ring (bicyclic) bond motifs is 1. The zero-order valence-electron chi connectivity index (χ0n) is 14.2. The largest absolute Gasteiger partial charge is 0.497 e. The summed E-state index contributed by atoms with van der Waals surface area (Å²) in [6, 6.07) is 18.8. The van der Waals surface area contributed by atoms with Crippen molar-refractivity contribution in [1.29, 1.82) is 0 Å². The normalized spacial score (nSPS) is 10.7. The third kappa shape index (κ3) is 2.91. The summed E-state index contributed by atoms with van der Waals surface area (Å²) in [7, 11) is 1.61. The van der Waals surface area contributed by atoms with Crippen molar-refractivity contribution in [3.8, 4) is 11.4 Å². The van der Waals surface area contributed by atoms with Crippen LogP contribution < -0.4 is 10.1 Å². The summed E-state index contributed by atoms with van der Waals surface area (Å²) < 4.78 is 7.20. The van der Waals surface area contributed by atoms with Crippen LogP contribution in [0.3, 0.4) is 0 Å². The Morgan fingerprint density at radius 3 is 2.65 bits per heavy atom. The Kier molecular flexibility index (Phi) is 4.11. The summed E-state index contributed by atoms with van der Waals surface area (Å²) in [5, 5.41) is 3.96. The van der Waals surface area contributed by atoms with Crippen LogP contribution in [0.15, 0.2) is 79.3 Å². The molecule has 128 valence electrons. The summed E-state index contributed by atoms with van der Waals surface area (Å²) in [6.45, 7) is 0. The van der Waals surface area contributed by atoms with Crippen molar-refractivity contribution < 1.29 is 9.53 Å². The van der Waals surface area contributed by atoms with E-state index in [0.29, 0.717) is 17.0 Å². The first kappa shape index (κ1) is 15.9. The molecule has 0 spiro atoms. The zero-order chi connectivity index (χ0) is 17.9. The molecule has 0 aliphatic heterocycles. The maximum atomic E-state index is 13.0. The quantitative estimate of drug-likeness (QED) is 0.601. The van der Waals surface area contributed by atoms with Gasteiger partial charge in [0.1, 0.15) is 5.75 Å². The number of benzene rings is 2. The van der Waals surface area contributed by atoms with Crippen LogP contribution in [0.4, 0.5) is 5.69 Å². The molecule has 0 fully saturated rings. The van der Waals surface area contributed by atoms with Crippen LogP contribution >= 0.6 is 0 Å². The van der Waals surface area contributed by atoms with E-state index >= 15 is 0 Å². The van der Waals surface area contributed by atoms with Crippen LogP contribution in [0, 0.1) is 0 Å². The van der Waals surface area contributed by atoms with E-state index in [4.69, 9.17) is 4.74 Å². The van der Waals surface area contributed by atoms with Crippen molar-refractivity contribution in [3.63, 3.8) is 0 Å². The average Bonchev–Trinajstić information content (AvgIpc) is 3.22. The maximum Gasteiger partial charge on any atom is 0.257 e. The third-order valence-electron chi connectivity index (χ3n) is 4.21. The number of para-hydroxylation sites is 1. The van der Waals surface area contributed by atoms with Gasteiger partial charge in [-0.15, -0.1) is 0 Å². The Morgan fingerprint density at radius 2 is 1.85 bits per heavy atom. The van der Waals surface area contributed by atoms with E-state index in [2.05, 4.69) is 10.3 Å². The molecule has 0 unspecified atom stereocenters. The van der Waals surface area contributed by atoms with E-state index in [0.717, 1.165) is 16.6 Å². The number of carbonyl (C=O) groups is 1. The minimum Gasteiger partial charge on any atom is -0.497 e. The van der Waals surface area contributed by atoms with Crippen molar-refractivity contribution in [3.05, 3.63) is 84.8 Å². The maximum absolute atomic E-state index is 13.0. The van der Waals surface area contributed by atoms with Crippen molar-refractivity contribution in [2.75, 3.05) is 12.4 Å². The fraction of sp³-hybridized carbons (Fsp3) is 0.0476. The molecule has 2 aromatic heterocycles. The van der Waals surface area contributed by atoms with E-state index in [9.17, 15) is 4.79 Å². The third-order valence-corrected chi connectivity index (χ3v) is 4.21. The van der Waals surface area contributed by atoms with Crippen molar-refractivity contribution in [2.45, 2.75) is 0 Å². The van der Waals surface area contributed by atoms with Crippen LogP contribution in [-0.4, -0.2) is 22.6 Å².